The van der Waals surface area contributed by atoms with E-state index in [1.807, 2.05) is 12.3 Å². The fourth-order valence-corrected chi connectivity index (χ4v) is 2.98. The van der Waals surface area contributed by atoms with E-state index in [2.05, 4.69) is 20.9 Å². The number of ether oxygens (including phenoxy) is 1. The summed E-state index contributed by atoms with van der Waals surface area (Å²) in [4.78, 5) is 9.18. The molecule has 5 nitrogen and oxygen atoms in total. The van der Waals surface area contributed by atoms with E-state index in [-0.39, 0.29) is 0 Å². The van der Waals surface area contributed by atoms with Crippen LogP contribution in [0.15, 0.2) is 18.3 Å². The Kier molecular flexibility index (Phi) is 3.84. The maximum Gasteiger partial charge on any atom is 0.123 e. The molecule has 0 saturated carbocycles. The highest BCUT2D eigenvalue weighted by Gasteiger charge is 2.25. The fourth-order valence-electron chi connectivity index (χ4n) is 2.98. The molecule has 0 amide bonds. The zero-order valence-electron chi connectivity index (χ0n) is 11.3. The van der Waals surface area contributed by atoms with Crippen LogP contribution in [0.1, 0.15) is 12.8 Å². The van der Waals surface area contributed by atoms with Crippen molar-refractivity contribution in [1.29, 1.82) is 0 Å². The average molecular weight is 262 g/mol. The summed E-state index contributed by atoms with van der Waals surface area (Å²) in [5.74, 6) is 0.588. The van der Waals surface area contributed by atoms with E-state index in [9.17, 15) is 0 Å². The predicted molar refractivity (Wildman–Crippen MR) is 76.3 cm³/mol. The summed E-state index contributed by atoms with van der Waals surface area (Å²) in [5, 5.41) is 0. The number of nitrogens with two attached hydrogens (primary N) is 1. The second-order valence-electron chi connectivity index (χ2n) is 5.31. The van der Waals surface area contributed by atoms with Crippen molar-refractivity contribution >= 4 is 11.5 Å². The molecular formula is C14H22N4O. The number of hydrogen-bond acceptors (Lipinski definition) is 5. The molecule has 0 aromatic carbocycles. The van der Waals surface area contributed by atoms with Crippen LogP contribution < -0.4 is 10.6 Å². The molecule has 104 valence electrons. The smallest absolute Gasteiger partial charge is 0.123 e. The number of anilines is 2. The second kappa shape index (κ2) is 5.75. The molecule has 0 unspecified atom stereocenters. The summed E-state index contributed by atoms with van der Waals surface area (Å²) in [6.45, 7) is 6.26. The average Bonchev–Trinajstić information content (AvgIpc) is 2.49. The van der Waals surface area contributed by atoms with Gasteiger partial charge in [0.15, 0.2) is 0 Å². The minimum atomic E-state index is 0.588. The normalized spacial score (nSPS) is 22.6. The van der Waals surface area contributed by atoms with Crippen LogP contribution >= 0.6 is 0 Å². The van der Waals surface area contributed by atoms with Crippen LogP contribution in [0.25, 0.3) is 0 Å². The Morgan fingerprint density at radius 2 is 1.84 bits per heavy atom. The molecule has 0 radical (unpaired) electrons. The number of rotatable bonds is 2. The van der Waals surface area contributed by atoms with Crippen LogP contribution in [0.5, 0.6) is 0 Å². The minimum Gasteiger partial charge on any atom is -0.384 e. The number of piperazine rings is 1. The van der Waals surface area contributed by atoms with Crippen molar-refractivity contribution in [2.24, 2.45) is 0 Å². The molecule has 2 fully saturated rings. The van der Waals surface area contributed by atoms with Gasteiger partial charge in [-0.25, -0.2) is 4.98 Å². The van der Waals surface area contributed by atoms with E-state index in [0.717, 1.165) is 45.4 Å². The number of hydrogen-bond donors (Lipinski definition) is 1. The van der Waals surface area contributed by atoms with Gasteiger partial charge in [-0.05, 0) is 25.0 Å². The number of aromatic nitrogens is 1. The topological polar surface area (TPSA) is 54.6 Å². The van der Waals surface area contributed by atoms with Gasteiger partial charge in [-0.1, -0.05) is 0 Å². The summed E-state index contributed by atoms with van der Waals surface area (Å²) in [6, 6.07) is 4.66. The van der Waals surface area contributed by atoms with E-state index in [4.69, 9.17) is 10.5 Å². The molecule has 5 heteroatoms. The Hall–Kier alpha value is -1.33. The van der Waals surface area contributed by atoms with Crippen LogP contribution in [-0.2, 0) is 4.74 Å². The quantitative estimate of drug-likeness (QED) is 0.860. The van der Waals surface area contributed by atoms with Gasteiger partial charge in [0.2, 0.25) is 0 Å². The molecule has 2 aliphatic rings. The summed E-state index contributed by atoms with van der Waals surface area (Å²) in [5.41, 5.74) is 6.81. The van der Waals surface area contributed by atoms with Crippen molar-refractivity contribution in [2.45, 2.75) is 18.9 Å². The van der Waals surface area contributed by atoms with Gasteiger partial charge in [-0.3, -0.25) is 4.90 Å². The minimum absolute atomic E-state index is 0.588. The molecule has 1 aromatic rings. The molecule has 3 rings (SSSR count). The lowest BCUT2D eigenvalue weighted by Gasteiger charge is -2.41. The summed E-state index contributed by atoms with van der Waals surface area (Å²) in [7, 11) is 0. The predicted octanol–water partition coefficient (Wildman–Crippen LogP) is 0.965. The standard InChI is InChI=1S/C14H22N4O/c15-14-2-1-13(11-16-14)18-7-5-17(6-8-18)12-3-9-19-10-4-12/h1-2,11-12H,3-10H2,(H2,15,16). The van der Waals surface area contributed by atoms with Crippen molar-refractivity contribution in [3.8, 4) is 0 Å². The third-order valence-electron chi connectivity index (χ3n) is 4.16. The molecule has 2 aliphatic heterocycles. The van der Waals surface area contributed by atoms with Crippen LogP contribution in [0, 0.1) is 0 Å². The SMILES string of the molecule is Nc1ccc(N2CCN(C3CCOCC3)CC2)cn1. The number of pyridine rings is 1. The lowest BCUT2D eigenvalue weighted by atomic mass is 10.1. The third kappa shape index (κ3) is 2.98. The maximum absolute atomic E-state index is 5.63. The highest BCUT2D eigenvalue weighted by molar-refractivity contribution is 5.48. The Bertz CT molecular complexity index is 394. The lowest BCUT2D eigenvalue weighted by Crippen LogP contribution is -2.51. The molecule has 0 bridgehead atoms. The fraction of sp³-hybridized carbons (Fsp3) is 0.643. The van der Waals surface area contributed by atoms with Gasteiger partial charge < -0.3 is 15.4 Å². The Morgan fingerprint density at radius 3 is 2.47 bits per heavy atom. The summed E-state index contributed by atoms with van der Waals surface area (Å²) in [6.07, 6.45) is 4.24. The number of nitrogens with zero attached hydrogens (tertiary/aromatic N) is 3. The lowest BCUT2D eigenvalue weighted by molar-refractivity contribution is 0.0321. The van der Waals surface area contributed by atoms with E-state index in [0.29, 0.717) is 5.82 Å². The molecule has 1 aromatic heterocycles. The maximum atomic E-state index is 5.63. The van der Waals surface area contributed by atoms with E-state index in [1.54, 1.807) is 0 Å². The Labute approximate surface area is 114 Å². The van der Waals surface area contributed by atoms with Crippen molar-refractivity contribution in [2.75, 3.05) is 50.0 Å². The zero-order valence-corrected chi connectivity index (χ0v) is 11.3. The van der Waals surface area contributed by atoms with E-state index < -0.39 is 0 Å². The van der Waals surface area contributed by atoms with Gasteiger partial charge in [0.05, 0.1) is 11.9 Å². The van der Waals surface area contributed by atoms with Crippen LogP contribution in [-0.4, -0.2) is 55.3 Å². The first-order valence-corrected chi connectivity index (χ1v) is 7.11. The monoisotopic (exact) mass is 262 g/mol. The van der Waals surface area contributed by atoms with Crippen LogP contribution in [0.3, 0.4) is 0 Å². The van der Waals surface area contributed by atoms with Gasteiger partial charge in [-0.2, -0.15) is 0 Å². The first kappa shape index (κ1) is 12.7. The van der Waals surface area contributed by atoms with Gasteiger partial charge in [0, 0.05) is 45.4 Å². The van der Waals surface area contributed by atoms with Gasteiger partial charge in [-0.15, -0.1) is 0 Å². The number of nitrogen functional groups attached to an aromatic ring is 1. The Balaban J connectivity index is 1.55. The molecule has 0 spiro atoms. The highest BCUT2D eigenvalue weighted by Crippen LogP contribution is 2.20. The van der Waals surface area contributed by atoms with E-state index >= 15 is 0 Å². The molecule has 19 heavy (non-hydrogen) atoms. The van der Waals surface area contributed by atoms with Crippen molar-refractivity contribution in [3.05, 3.63) is 18.3 Å². The Morgan fingerprint density at radius 1 is 1.11 bits per heavy atom. The zero-order chi connectivity index (χ0) is 13.1. The van der Waals surface area contributed by atoms with E-state index in [1.165, 1.54) is 18.5 Å². The molecular weight excluding hydrogens is 240 g/mol. The van der Waals surface area contributed by atoms with Crippen molar-refractivity contribution < 1.29 is 4.74 Å². The third-order valence-corrected chi connectivity index (χ3v) is 4.16. The molecule has 0 aliphatic carbocycles. The van der Waals surface area contributed by atoms with Crippen molar-refractivity contribution in [3.63, 3.8) is 0 Å². The van der Waals surface area contributed by atoms with Gasteiger partial charge >= 0.3 is 0 Å². The van der Waals surface area contributed by atoms with Crippen molar-refractivity contribution in [1.82, 2.24) is 9.88 Å². The highest BCUT2D eigenvalue weighted by atomic mass is 16.5. The van der Waals surface area contributed by atoms with Crippen LogP contribution in [0.2, 0.25) is 0 Å². The first-order chi connectivity index (χ1) is 9.33. The molecule has 2 N–H and O–H groups in total. The van der Waals surface area contributed by atoms with Crippen LogP contribution in [0.4, 0.5) is 11.5 Å². The summed E-state index contributed by atoms with van der Waals surface area (Å²) >= 11 is 0. The first-order valence-electron chi connectivity index (χ1n) is 7.11. The summed E-state index contributed by atoms with van der Waals surface area (Å²) < 4.78 is 5.43. The van der Waals surface area contributed by atoms with Gasteiger partial charge in [0.1, 0.15) is 5.82 Å². The molecule has 3 heterocycles. The van der Waals surface area contributed by atoms with Gasteiger partial charge in [0.25, 0.3) is 0 Å². The largest absolute Gasteiger partial charge is 0.384 e. The second-order valence-corrected chi connectivity index (χ2v) is 5.31. The molecule has 2 saturated heterocycles. The molecule has 0 atom stereocenters.